The van der Waals surface area contributed by atoms with Gasteiger partial charge in [-0.25, -0.2) is 4.98 Å². The first-order valence-corrected chi connectivity index (χ1v) is 10.3. The number of hydrogen-bond donors (Lipinski definition) is 2. The highest BCUT2D eigenvalue weighted by Crippen LogP contribution is 2.34. The molecule has 0 saturated carbocycles. The van der Waals surface area contributed by atoms with Crippen LogP contribution >= 0.6 is 22.9 Å². The van der Waals surface area contributed by atoms with E-state index in [1.54, 1.807) is 31.2 Å². The molecular formula is C21H16ClN3O4S. The molecule has 2 aromatic heterocycles. The molecule has 9 heteroatoms. The highest BCUT2D eigenvalue weighted by molar-refractivity contribution is 7.21. The average Bonchev–Trinajstić information content (AvgIpc) is 3.09. The zero-order valence-corrected chi connectivity index (χ0v) is 17.3. The zero-order chi connectivity index (χ0) is 21.3. The van der Waals surface area contributed by atoms with Crippen LogP contribution in [0, 0.1) is 0 Å². The number of benzene rings is 2. The Morgan fingerprint density at radius 3 is 2.63 bits per heavy atom. The maximum Gasteiger partial charge on any atom is 0.326 e. The number of halogens is 1. The molecule has 0 radical (unpaired) electrons. The molecule has 152 valence electrons. The lowest BCUT2D eigenvalue weighted by molar-refractivity contribution is -0.147. The topological polar surface area (TPSA) is 101 Å². The predicted molar refractivity (Wildman–Crippen MR) is 116 cm³/mol. The highest BCUT2D eigenvalue weighted by Gasteiger charge is 2.19. The molecule has 4 aromatic rings. The van der Waals surface area contributed by atoms with Gasteiger partial charge in [-0.1, -0.05) is 41.9 Å². The van der Waals surface area contributed by atoms with Gasteiger partial charge in [0.1, 0.15) is 11.4 Å². The molecule has 0 aliphatic rings. The van der Waals surface area contributed by atoms with E-state index in [9.17, 15) is 14.4 Å². The zero-order valence-electron chi connectivity index (χ0n) is 15.8. The van der Waals surface area contributed by atoms with Crippen molar-refractivity contribution in [1.29, 1.82) is 0 Å². The van der Waals surface area contributed by atoms with Crippen molar-refractivity contribution in [3.8, 4) is 0 Å². The minimum Gasteiger partial charge on any atom is -0.453 e. The van der Waals surface area contributed by atoms with Crippen LogP contribution in [0.15, 0.2) is 53.3 Å². The molecule has 0 saturated heterocycles. The van der Waals surface area contributed by atoms with Crippen LogP contribution in [0.5, 0.6) is 0 Å². The second-order valence-electron chi connectivity index (χ2n) is 6.52. The fourth-order valence-electron chi connectivity index (χ4n) is 2.98. The Morgan fingerprint density at radius 1 is 1.17 bits per heavy atom. The number of H-pyrrole nitrogens is 1. The van der Waals surface area contributed by atoms with Gasteiger partial charge in [0.25, 0.3) is 11.5 Å². The monoisotopic (exact) mass is 441 g/mol. The lowest BCUT2D eigenvalue weighted by atomic mass is 10.2. The van der Waals surface area contributed by atoms with Gasteiger partial charge in [0.15, 0.2) is 11.9 Å². The smallest absolute Gasteiger partial charge is 0.326 e. The lowest BCUT2D eigenvalue weighted by Gasteiger charge is -2.13. The van der Waals surface area contributed by atoms with Gasteiger partial charge in [-0.15, -0.1) is 11.3 Å². The third-order valence-corrected chi connectivity index (χ3v) is 6.13. The van der Waals surface area contributed by atoms with E-state index in [1.807, 2.05) is 24.3 Å². The Labute approximate surface area is 179 Å². The number of aromatic amines is 1. The van der Waals surface area contributed by atoms with Gasteiger partial charge in [0.05, 0.1) is 15.9 Å². The molecule has 7 nitrogen and oxygen atoms in total. The number of ether oxygens (including phenoxy) is 1. The second-order valence-corrected chi connectivity index (χ2v) is 7.95. The van der Waals surface area contributed by atoms with Crippen LogP contribution in [0.3, 0.4) is 0 Å². The van der Waals surface area contributed by atoms with Crippen molar-refractivity contribution in [2.24, 2.45) is 0 Å². The Morgan fingerprint density at radius 2 is 1.87 bits per heavy atom. The largest absolute Gasteiger partial charge is 0.453 e. The number of carbonyl (C=O) groups is 2. The number of aromatic nitrogens is 2. The summed E-state index contributed by atoms with van der Waals surface area (Å²) < 4.78 is 6.18. The van der Waals surface area contributed by atoms with E-state index < -0.39 is 18.0 Å². The number of thiophene rings is 1. The van der Waals surface area contributed by atoms with Crippen molar-refractivity contribution in [2.75, 3.05) is 6.54 Å². The van der Waals surface area contributed by atoms with Crippen molar-refractivity contribution >= 4 is 55.8 Å². The van der Waals surface area contributed by atoms with E-state index in [0.29, 0.717) is 20.8 Å². The molecule has 0 bridgehead atoms. The minimum absolute atomic E-state index is 0.228. The van der Waals surface area contributed by atoms with Gasteiger partial charge in [0.2, 0.25) is 0 Å². The average molecular weight is 442 g/mol. The number of para-hydroxylation sites is 1. The van der Waals surface area contributed by atoms with E-state index in [0.717, 1.165) is 10.1 Å². The molecule has 0 spiro atoms. The molecule has 0 aliphatic heterocycles. The number of hydrogen-bond acceptors (Lipinski definition) is 6. The predicted octanol–water partition coefficient (Wildman–Crippen LogP) is 3.83. The summed E-state index contributed by atoms with van der Waals surface area (Å²) in [5.74, 6) is -0.891. The van der Waals surface area contributed by atoms with E-state index >= 15 is 0 Å². The summed E-state index contributed by atoms with van der Waals surface area (Å²) in [6.07, 6.45) is -0.792. The minimum atomic E-state index is -0.792. The summed E-state index contributed by atoms with van der Waals surface area (Å²) >= 11 is 7.54. The number of amides is 1. The number of carbonyl (C=O) groups excluding carboxylic acids is 2. The molecule has 0 aliphatic carbocycles. The first-order chi connectivity index (χ1) is 14.4. The van der Waals surface area contributed by atoms with Crippen molar-refractivity contribution < 1.29 is 14.3 Å². The van der Waals surface area contributed by atoms with E-state index in [1.165, 1.54) is 11.3 Å². The van der Waals surface area contributed by atoms with Crippen LogP contribution < -0.4 is 10.9 Å². The van der Waals surface area contributed by atoms with Gasteiger partial charge in [-0.2, -0.15) is 0 Å². The summed E-state index contributed by atoms with van der Waals surface area (Å²) in [4.78, 5) is 44.1. The molecule has 2 aromatic carbocycles. The van der Waals surface area contributed by atoms with E-state index in [2.05, 4.69) is 15.3 Å². The Hall–Kier alpha value is -3.23. The quantitative estimate of drug-likeness (QED) is 0.458. The number of fused-ring (bicyclic) bond motifs is 2. The van der Waals surface area contributed by atoms with Gasteiger partial charge in [-0.3, -0.25) is 14.4 Å². The first kappa shape index (κ1) is 20.1. The number of esters is 1. The van der Waals surface area contributed by atoms with Crippen LogP contribution in [-0.4, -0.2) is 28.4 Å². The fourth-order valence-corrected chi connectivity index (χ4v) is 4.42. The Kier molecular flexibility index (Phi) is 5.52. The van der Waals surface area contributed by atoms with E-state index in [4.69, 9.17) is 16.3 Å². The van der Waals surface area contributed by atoms with Gasteiger partial charge < -0.3 is 15.0 Å². The van der Waals surface area contributed by atoms with Crippen molar-refractivity contribution in [1.82, 2.24) is 15.3 Å². The van der Waals surface area contributed by atoms with Crippen LogP contribution in [0.1, 0.15) is 28.5 Å². The van der Waals surface area contributed by atoms with Gasteiger partial charge in [0, 0.05) is 10.1 Å². The summed E-state index contributed by atoms with van der Waals surface area (Å²) in [6.45, 7) is 1.25. The summed E-state index contributed by atoms with van der Waals surface area (Å²) in [5, 5.41) is 4.11. The Balaban J connectivity index is 1.41. The first-order valence-electron chi connectivity index (χ1n) is 9.07. The summed E-state index contributed by atoms with van der Waals surface area (Å²) in [5.41, 5.74) is 0.193. The summed E-state index contributed by atoms with van der Waals surface area (Å²) in [6, 6.07) is 14.3. The van der Waals surface area contributed by atoms with Crippen LogP contribution in [0.25, 0.3) is 21.0 Å². The highest BCUT2D eigenvalue weighted by atomic mass is 35.5. The number of nitrogens with one attached hydrogen (secondary N) is 2. The molecule has 4 rings (SSSR count). The Bertz CT molecular complexity index is 1330. The number of rotatable bonds is 5. The SMILES string of the molecule is C[C@H](OC(=O)CNC(=O)c1sc2ccccc2c1Cl)c1nc2ccccc2c(=O)[nH]1. The summed E-state index contributed by atoms with van der Waals surface area (Å²) in [7, 11) is 0. The molecule has 1 atom stereocenters. The fraction of sp³-hybridized carbons (Fsp3) is 0.143. The molecule has 30 heavy (non-hydrogen) atoms. The molecule has 2 heterocycles. The lowest BCUT2D eigenvalue weighted by Crippen LogP contribution is -2.31. The maximum atomic E-state index is 12.4. The van der Waals surface area contributed by atoms with Crippen LogP contribution in [-0.2, 0) is 9.53 Å². The van der Waals surface area contributed by atoms with Crippen molar-refractivity contribution in [3.63, 3.8) is 0 Å². The molecule has 2 N–H and O–H groups in total. The van der Waals surface area contributed by atoms with Crippen molar-refractivity contribution in [3.05, 3.63) is 74.6 Å². The van der Waals surface area contributed by atoms with Crippen molar-refractivity contribution in [2.45, 2.75) is 13.0 Å². The standard InChI is InChI=1S/C21H16ClN3O4S/c1-11(19-24-14-8-4-2-6-12(14)20(27)25-19)29-16(26)10-23-21(28)18-17(22)13-7-3-5-9-15(13)30-18/h2-9,11H,10H2,1H3,(H,23,28)(H,24,25,27)/t11-/m0/s1. The molecule has 0 unspecified atom stereocenters. The van der Waals surface area contributed by atoms with E-state index in [-0.39, 0.29) is 17.9 Å². The normalized spacial score (nSPS) is 12.1. The van der Waals surface area contributed by atoms with Gasteiger partial charge in [-0.05, 0) is 25.1 Å². The van der Waals surface area contributed by atoms with Gasteiger partial charge >= 0.3 is 5.97 Å². The molecule has 1 amide bonds. The van der Waals surface area contributed by atoms with Crippen LogP contribution in [0.2, 0.25) is 5.02 Å². The maximum absolute atomic E-state index is 12.4. The molecular weight excluding hydrogens is 426 g/mol. The third-order valence-electron chi connectivity index (χ3n) is 4.46. The molecule has 0 fully saturated rings. The third kappa shape index (κ3) is 3.92. The second kappa shape index (κ2) is 8.25. The van der Waals surface area contributed by atoms with Crippen LogP contribution in [0.4, 0.5) is 0 Å². The number of nitrogens with zero attached hydrogens (tertiary/aromatic N) is 1.